The van der Waals surface area contributed by atoms with Gasteiger partial charge in [-0.3, -0.25) is 10.1 Å². The zero-order chi connectivity index (χ0) is 15.9. The highest BCUT2D eigenvalue weighted by Crippen LogP contribution is 2.28. The lowest BCUT2D eigenvalue weighted by atomic mass is 9.93. The summed E-state index contributed by atoms with van der Waals surface area (Å²) in [4.78, 5) is 21.0. The van der Waals surface area contributed by atoms with Crippen LogP contribution in [0.25, 0.3) is 10.2 Å². The van der Waals surface area contributed by atoms with Gasteiger partial charge in [-0.15, -0.1) is 11.3 Å². The Labute approximate surface area is 136 Å². The smallest absolute Gasteiger partial charge is 0.257 e. The molecule has 114 valence electrons. The van der Waals surface area contributed by atoms with Gasteiger partial charge >= 0.3 is 0 Å². The van der Waals surface area contributed by atoms with Gasteiger partial charge in [-0.1, -0.05) is 32.1 Å². The van der Waals surface area contributed by atoms with Gasteiger partial charge < -0.3 is 5.73 Å². The number of nitrogens with one attached hydrogen (secondary N) is 1. The first kappa shape index (κ1) is 14.9. The number of hydrogen-bond acceptors (Lipinski definition) is 6. The van der Waals surface area contributed by atoms with Crippen LogP contribution in [-0.2, 0) is 5.41 Å². The Bertz CT molecular complexity index is 845. The van der Waals surface area contributed by atoms with Crippen LogP contribution in [0.5, 0.6) is 0 Å². The lowest BCUT2D eigenvalue weighted by Gasteiger charge is -2.14. The lowest BCUT2D eigenvalue weighted by molar-refractivity contribution is 0.102. The molecule has 22 heavy (non-hydrogen) atoms. The standard InChI is InChI=1S/C15H16N4OS2/c1-15(2,3)11-7-21-14(18-11)19-12(20)8-4-5-9-10(6-8)22-13(16)17-9/h4-7H,1-3H3,(H2,16,17)(H,18,19,20). The summed E-state index contributed by atoms with van der Waals surface area (Å²) in [7, 11) is 0. The molecule has 0 aliphatic heterocycles. The second kappa shape index (κ2) is 5.33. The minimum Gasteiger partial charge on any atom is -0.375 e. The average molecular weight is 332 g/mol. The van der Waals surface area contributed by atoms with Crippen LogP contribution in [0.3, 0.4) is 0 Å². The van der Waals surface area contributed by atoms with Gasteiger partial charge in [-0.05, 0) is 18.2 Å². The summed E-state index contributed by atoms with van der Waals surface area (Å²) in [5.41, 5.74) is 8.01. The normalized spacial score (nSPS) is 11.8. The maximum Gasteiger partial charge on any atom is 0.257 e. The van der Waals surface area contributed by atoms with Crippen molar-refractivity contribution in [3.63, 3.8) is 0 Å². The number of anilines is 2. The Morgan fingerprint density at radius 3 is 2.73 bits per heavy atom. The summed E-state index contributed by atoms with van der Waals surface area (Å²) >= 11 is 2.81. The minimum atomic E-state index is -0.177. The van der Waals surface area contributed by atoms with Crippen molar-refractivity contribution < 1.29 is 4.79 Å². The molecule has 3 rings (SSSR count). The SMILES string of the molecule is CC(C)(C)c1csc(NC(=O)c2ccc3nc(N)sc3c2)n1. The van der Waals surface area contributed by atoms with Crippen LogP contribution in [-0.4, -0.2) is 15.9 Å². The fraction of sp³-hybridized carbons (Fsp3) is 0.267. The molecule has 3 aromatic rings. The highest BCUT2D eigenvalue weighted by Gasteiger charge is 2.18. The van der Waals surface area contributed by atoms with E-state index < -0.39 is 0 Å². The van der Waals surface area contributed by atoms with Crippen molar-refractivity contribution in [1.29, 1.82) is 0 Å². The molecule has 0 spiro atoms. The molecule has 3 N–H and O–H groups in total. The molecule has 1 aromatic carbocycles. The zero-order valence-electron chi connectivity index (χ0n) is 12.5. The number of rotatable bonds is 2. The largest absolute Gasteiger partial charge is 0.375 e. The first-order valence-electron chi connectivity index (χ1n) is 6.76. The lowest BCUT2D eigenvalue weighted by Crippen LogP contribution is -2.14. The number of fused-ring (bicyclic) bond motifs is 1. The Morgan fingerprint density at radius 2 is 2.05 bits per heavy atom. The predicted octanol–water partition coefficient (Wildman–Crippen LogP) is 3.88. The number of aromatic nitrogens is 2. The molecular formula is C15H16N4OS2. The number of carbonyl (C=O) groups is 1. The van der Waals surface area contributed by atoms with E-state index in [4.69, 9.17) is 5.73 Å². The summed E-state index contributed by atoms with van der Waals surface area (Å²) in [5.74, 6) is -0.177. The van der Waals surface area contributed by atoms with E-state index in [-0.39, 0.29) is 11.3 Å². The summed E-state index contributed by atoms with van der Waals surface area (Å²) in [6.45, 7) is 6.28. The number of nitrogen functional groups attached to an aromatic ring is 1. The molecule has 7 heteroatoms. The van der Waals surface area contributed by atoms with E-state index in [9.17, 15) is 4.79 Å². The Hall–Kier alpha value is -1.99. The summed E-state index contributed by atoms with van der Waals surface area (Å²) in [5, 5.41) is 5.93. The number of nitrogens with two attached hydrogens (primary N) is 1. The van der Waals surface area contributed by atoms with Crippen molar-refractivity contribution >= 4 is 49.1 Å². The molecule has 0 saturated carbocycles. The molecule has 0 atom stereocenters. The molecular weight excluding hydrogens is 316 g/mol. The third-order valence-corrected chi connectivity index (χ3v) is 4.77. The average Bonchev–Trinajstić information content (AvgIpc) is 3.02. The molecule has 0 bridgehead atoms. The van der Waals surface area contributed by atoms with Crippen LogP contribution in [0.2, 0.25) is 0 Å². The number of nitrogens with zero attached hydrogens (tertiary/aromatic N) is 2. The van der Waals surface area contributed by atoms with Crippen LogP contribution in [0.4, 0.5) is 10.3 Å². The Morgan fingerprint density at radius 1 is 1.27 bits per heavy atom. The molecule has 2 heterocycles. The number of thiazole rings is 2. The summed E-state index contributed by atoms with van der Waals surface area (Å²) in [6.07, 6.45) is 0. The van der Waals surface area contributed by atoms with Crippen molar-refractivity contribution in [2.75, 3.05) is 11.1 Å². The van der Waals surface area contributed by atoms with Crippen molar-refractivity contribution in [2.24, 2.45) is 0 Å². The number of carbonyl (C=O) groups excluding carboxylic acids is 1. The van der Waals surface area contributed by atoms with Gasteiger partial charge in [0.1, 0.15) is 0 Å². The molecule has 2 aromatic heterocycles. The van der Waals surface area contributed by atoms with Crippen LogP contribution >= 0.6 is 22.7 Å². The van der Waals surface area contributed by atoms with Crippen LogP contribution in [0, 0.1) is 0 Å². The zero-order valence-corrected chi connectivity index (χ0v) is 14.1. The molecule has 0 fully saturated rings. The van der Waals surface area contributed by atoms with Gasteiger partial charge in [0.2, 0.25) is 0 Å². The van der Waals surface area contributed by atoms with Gasteiger partial charge in [0.05, 0.1) is 15.9 Å². The van der Waals surface area contributed by atoms with Gasteiger partial charge in [0.15, 0.2) is 10.3 Å². The maximum absolute atomic E-state index is 12.3. The fourth-order valence-corrected chi connectivity index (χ4v) is 3.63. The predicted molar refractivity (Wildman–Crippen MR) is 92.8 cm³/mol. The van der Waals surface area contributed by atoms with E-state index in [0.29, 0.717) is 15.8 Å². The summed E-state index contributed by atoms with van der Waals surface area (Å²) < 4.78 is 0.902. The van der Waals surface area contributed by atoms with Crippen LogP contribution in [0.1, 0.15) is 36.8 Å². The van der Waals surface area contributed by atoms with Gasteiger partial charge in [-0.2, -0.15) is 0 Å². The number of hydrogen-bond donors (Lipinski definition) is 2. The van der Waals surface area contributed by atoms with E-state index in [1.807, 2.05) is 5.38 Å². The number of amides is 1. The monoisotopic (exact) mass is 332 g/mol. The molecule has 0 saturated heterocycles. The van der Waals surface area contributed by atoms with Crippen LogP contribution < -0.4 is 11.1 Å². The minimum absolute atomic E-state index is 0.0292. The van der Waals surface area contributed by atoms with Crippen LogP contribution in [0.15, 0.2) is 23.6 Å². The molecule has 5 nitrogen and oxygen atoms in total. The maximum atomic E-state index is 12.3. The highest BCUT2D eigenvalue weighted by atomic mass is 32.1. The van der Waals surface area contributed by atoms with Gasteiger partial charge in [0, 0.05) is 16.4 Å². The first-order chi connectivity index (χ1) is 10.3. The summed E-state index contributed by atoms with van der Waals surface area (Å²) in [6, 6.07) is 5.35. The van der Waals surface area contributed by atoms with E-state index in [2.05, 4.69) is 36.1 Å². The van der Waals surface area contributed by atoms with E-state index >= 15 is 0 Å². The molecule has 0 radical (unpaired) electrons. The highest BCUT2D eigenvalue weighted by molar-refractivity contribution is 7.22. The fourth-order valence-electron chi connectivity index (χ4n) is 1.93. The first-order valence-corrected chi connectivity index (χ1v) is 8.46. The van der Waals surface area contributed by atoms with Crippen molar-refractivity contribution in [2.45, 2.75) is 26.2 Å². The van der Waals surface area contributed by atoms with Gasteiger partial charge in [-0.25, -0.2) is 9.97 Å². The second-order valence-electron chi connectivity index (χ2n) is 5.98. The third kappa shape index (κ3) is 2.95. The van der Waals surface area contributed by atoms with E-state index in [1.54, 1.807) is 18.2 Å². The number of benzene rings is 1. The molecule has 0 unspecified atom stereocenters. The molecule has 0 aliphatic rings. The van der Waals surface area contributed by atoms with Crippen molar-refractivity contribution in [1.82, 2.24) is 9.97 Å². The topological polar surface area (TPSA) is 80.9 Å². The molecule has 1 amide bonds. The van der Waals surface area contributed by atoms with E-state index in [0.717, 1.165) is 15.9 Å². The molecule has 0 aliphatic carbocycles. The third-order valence-electron chi connectivity index (χ3n) is 3.16. The quantitative estimate of drug-likeness (QED) is 0.746. The van der Waals surface area contributed by atoms with E-state index in [1.165, 1.54) is 22.7 Å². The van der Waals surface area contributed by atoms with Crippen molar-refractivity contribution in [3.8, 4) is 0 Å². The second-order valence-corrected chi connectivity index (χ2v) is 7.90. The Kier molecular flexibility index (Phi) is 3.62. The Balaban J connectivity index is 1.82. The van der Waals surface area contributed by atoms with Gasteiger partial charge in [0.25, 0.3) is 5.91 Å². The van der Waals surface area contributed by atoms with Crippen molar-refractivity contribution in [3.05, 3.63) is 34.8 Å².